The number of aromatic carboxylic acids is 1. The van der Waals surface area contributed by atoms with Gasteiger partial charge in [0.15, 0.2) is 0 Å². The molecular formula is C18H15NO4S. The Morgan fingerprint density at radius 2 is 1.67 bits per heavy atom. The van der Waals surface area contributed by atoms with Crippen molar-refractivity contribution in [1.82, 2.24) is 0 Å². The van der Waals surface area contributed by atoms with Crippen molar-refractivity contribution in [2.75, 3.05) is 5.06 Å². The second-order valence-corrected chi connectivity index (χ2v) is 5.51. The van der Waals surface area contributed by atoms with Crippen molar-refractivity contribution in [2.45, 2.75) is 6.92 Å². The van der Waals surface area contributed by atoms with Gasteiger partial charge >= 0.3 is 5.97 Å². The molecule has 2 N–H and O–H groups in total. The maximum atomic E-state index is 11.0. The van der Waals surface area contributed by atoms with E-state index in [1.807, 2.05) is 31.2 Å². The summed E-state index contributed by atoms with van der Waals surface area (Å²) < 4.78 is 5.16. The van der Waals surface area contributed by atoms with Gasteiger partial charge in [0.05, 0.1) is 16.9 Å². The number of phenolic OH excluding ortho intramolecular Hbond substituents is 1. The minimum Gasteiger partial charge on any atom is -0.508 e. The van der Waals surface area contributed by atoms with Gasteiger partial charge in [-0.2, -0.15) is 0 Å². The number of phenols is 1. The molecule has 0 spiro atoms. The monoisotopic (exact) mass is 341 g/mol. The van der Waals surface area contributed by atoms with E-state index in [1.54, 1.807) is 18.2 Å². The summed E-state index contributed by atoms with van der Waals surface area (Å²) in [5.74, 6) is -0.763. The quantitative estimate of drug-likeness (QED) is 0.371. The van der Waals surface area contributed by atoms with Gasteiger partial charge in [0.25, 0.3) is 0 Å². The highest BCUT2D eigenvalue weighted by molar-refractivity contribution is 7.75. The molecule has 5 nitrogen and oxygen atoms in total. The number of aryl methyl sites for hydroxylation is 1. The first-order chi connectivity index (χ1) is 11.5. The van der Waals surface area contributed by atoms with Crippen molar-refractivity contribution in [1.29, 1.82) is 0 Å². The third-order valence-corrected chi connectivity index (χ3v) is 4.07. The van der Waals surface area contributed by atoms with E-state index in [0.717, 1.165) is 16.3 Å². The van der Waals surface area contributed by atoms with Crippen LogP contribution >= 0.6 is 12.9 Å². The second-order valence-electron chi connectivity index (χ2n) is 5.34. The van der Waals surface area contributed by atoms with E-state index in [-0.39, 0.29) is 11.3 Å². The normalized spacial score (nSPS) is 10.8. The Kier molecular flexibility index (Phi) is 4.33. The minimum atomic E-state index is -0.989. The molecular weight excluding hydrogens is 326 g/mol. The van der Waals surface area contributed by atoms with Gasteiger partial charge in [0.2, 0.25) is 0 Å². The summed E-state index contributed by atoms with van der Waals surface area (Å²) in [6.45, 7) is 1.84. The Morgan fingerprint density at radius 1 is 1.04 bits per heavy atom. The van der Waals surface area contributed by atoms with Crippen molar-refractivity contribution in [3.63, 3.8) is 0 Å². The van der Waals surface area contributed by atoms with Crippen LogP contribution in [0.1, 0.15) is 15.9 Å². The second kappa shape index (κ2) is 6.43. The molecule has 24 heavy (non-hydrogen) atoms. The highest BCUT2D eigenvalue weighted by Gasteiger charge is 2.13. The van der Waals surface area contributed by atoms with Crippen LogP contribution in [0.4, 0.5) is 11.4 Å². The van der Waals surface area contributed by atoms with Crippen LogP contribution in [0.3, 0.4) is 0 Å². The maximum Gasteiger partial charge on any atom is 0.335 e. The summed E-state index contributed by atoms with van der Waals surface area (Å²) in [6, 6.07) is 15.4. The van der Waals surface area contributed by atoms with E-state index >= 15 is 0 Å². The van der Waals surface area contributed by atoms with Crippen molar-refractivity contribution >= 4 is 41.0 Å². The Bertz CT molecular complexity index is 909. The van der Waals surface area contributed by atoms with Gasteiger partial charge < -0.3 is 10.2 Å². The number of benzene rings is 3. The fourth-order valence-electron chi connectivity index (χ4n) is 2.56. The highest BCUT2D eigenvalue weighted by atomic mass is 32.1. The van der Waals surface area contributed by atoms with Gasteiger partial charge in [-0.15, -0.1) is 0 Å². The Labute approximate surface area is 144 Å². The molecule has 0 aliphatic heterocycles. The highest BCUT2D eigenvalue weighted by Crippen LogP contribution is 2.33. The predicted octanol–water partition coefficient (Wildman–Crippen LogP) is 4.47. The number of carboxylic acids is 1. The molecule has 3 rings (SSSR count). The fraction of sp³-hybridized carbons (Fsp3) is 0.0556. The summed E-state index contributed by atoms with van der Waals surface area (Å²) in [5.41, 5.74) is 2.30. The maximum absolute atomic E-state index is 11.0. The number of fused-ring (bicyclic) bond motifs is 1. The Hall–Kier alpha value is -2.70. The van der Waals surface area contributed by atoms with E-state index in [1.165, 1.54) is 17.2 Å². The lowest BCUT2D eigenvalue weighted by molar-refractivity contribution is 0.0697. The number of rotatable bonds is 4. The van der Waals surface area contributed by atoms with E-state index in [2.05, 4.69) is 12.9 Å². The summed E-state index contributed by atoms with van der Waals surface area (Å²) in [5, 5.41) is 22.2. The smallest absolute Gasteiger partial charge is 0.335 e. The number of hydrogen-bond acceptors (Lipinski definition) is 5. The summed E-state index contributed by atoms with van der Waals surface area (Å²) in [6.07, 6.45) is 0. The molecule has 3 aromatic carbocycles. The first-order valence-corrected chi connectivity index (χ1v) is 7.55. The molecule has 0 aliphatic rings. The molecule has 0 radical (unpaired) electrons. The lowest BCUT2D eigenvalue weighted by atomic mass is 10.0. The summed E-state index contributed by atoms with van der Waals surface area (Å²) in [4.78, 5) is 11.0. The van der Waals surface area contributed by atoms with E-state index in [4.69, 9.17) is 9.39 Å². The Morgan fingerprint density at radius 3 is 2.29 bits per heavy atom. The fourth-order valence-corrected chi connectivity index (χ4v) is 2.74. The van der Waals surface area contributed by atoms with Crippen molar-refractivity contribution < 1.29 is 19.3 Å². The van der Waals surface area contributed by atoms with Crippen LogP contribution in [0.25, 0.3) is 10.8 Å². The SMILES string of the molecule is Cc1c(O)ccc2ccc(N(OS)c3ccc(C(=O)O)cc3)cc12. The van der Waals surface area contributed by atoms with Crippen molar-refractivity contribution in [3.05, 3.63) is 65.7 Å². The zero-order valence-corrected chi connectivity index (χ0v) is 13.7. The average Bonchev–Trinajstić information content (AvgIpc) is 2.59. The number of hydrogen-bond donors (Lipinski definition) is 3. The molecule has 0 saturated heterocycles. The summed E-state index contributed by atoms with van der Waals surface area (Å²) in [7, 11) is 0. The molecule has 0 atom stereocenters. The Balaban J connectivity index is 2.06. The van der Waals surface area contributed by atoms with Gasteiger partial charge in [0, 0.05) is 12.9 Å². The lowest BCUT2D eigenvalue weighted by Crippen LogP contribution is -2.12. The number of carboxylic acid groups (broad SMARTS) is 1. The van der Waals surface area contributed by atoms with Crippen LogP contribution in [0, 0.1) is 6.92 Å². The third kappa shape index (κ3) is 2.89. The number of aromatic hydroxyl groups is 1. The molecule has 6 heteroatoms. The van der Waals surface area contributed by atoms with Gasteiger partial charge in [0.1, 0.15) is 5.75 Å². The number of thiol groups is 1. The third-order valence-electron chi connectivity index (χ3n) is 3.91. The van der Waals surface area contributed by atoms with Crippen LogP contribution < -0.4 is 5.06 Å². The van der Waals surface area contributed by atoms with E-state index < -0.39 is 5.97 Å². The summed E-state index contributed by atoms with van der Waals surface area (Å²) >= 11 is 3.91. The predicted molar refractivity (Wildman–Crippen MR) is 96.0 cm³/mol. The molecule has 122 valence electrons. The van der Waals surface area contributed by atoms with Crippen LogP contribution in [-0.2, 0) is 4.28 Å². The average molecular weight is 341 g/mol. The first-order valence-electron chi connectivity index (χ1n) is 7.18. The van der Waals surface area contributed by atoms with Crippen LogP contribution in [-0.4, -0.2) is 16.2 Å². The topological polar surface area (TPSA) is 70.0 Å². The van der Waals surface area contributed by atoms with Crippen LogP contribution in [0.15, 0.2) is 54.6 Å². The van der Waals surface area contributed by atoms with E-state index in [9.17, 15) is 9.90 Å². The molecule has 0 bridgehead atoms. The molecule has 0 saturated carbocycles. The van der Waals surface area contributed by atoms with Crippen LogP contribution in [0.5, 0.6) is 5.75 Å². The van der Waals surface area contributed by atoms with E-state index in [0.29, 0.717) is 11.4 Å². The molecule has 0 aromatic heterocycles. The molecule has 0 fully saturated rings. The lowest BCUT2D eigenvalue weighted by Gasteiger charge is -2.21. The minimum absolute atomic E-state index is 0.192. The van der Waals surface area contributed by atoms with Gasteiger partial charge in [-0.3, -0.25) is 0 Å². The standard InChI is InChI=1S/C18H15NO4S/c1-11-16-10-15(8-2-12(16)5-9-17(11)20)19(23-24)14-6-3-13(4-7-14)18(21)22/h2-10,20,24H,1H3,(H,21,22). The number of nitrogens with zero attached hydrogens (tertiary/aromatic N) is 1. The first kappa shape index (κ1) is 16.2. The molecule has 0 heterocycles. The van der Waals surface area contributed by atoms with Gasteiger partial charge in [-0.1, -0.05) is 12.1 Å². The van der Waals surface area contributed by atoms with Gasteiger partial charge in [-0.05, 0) is 65.7 Å². The number of carbonyl (C=O) groups is 1. The number of anilines is 2. The molecule has 0 unspecified atom stereocenters. The zero-order valence-electron chi connectivity index (χ0n) is 12.8. The van der Waals surface area contributed by atoms with Crippen molar-refractivity contribution in [3.8, 4) is 5.75 Å². The largest absolute Gasteiger partial charge is 0.508 e. The zero-order chi connectivity index (χ0) is 17.3. The van der Waals surface area contributed by atoms with Gasteiger partial charge in [-0.25, -0.2) is 14.1 Å². The van der Waals surface area contributed by atoms with Crippen LogP contribution in [0.2, 0.25) is 0 Å². The van der Waals surface area contributed by atoms with Crippen molar-refractivity contribution in [2.24, 2.45) is 0 Å². The molecule has 0 aliphatic carbocycles. The molecule has 3 aromatic rings. The molecule has 0 amide bonds.